The van der Waals surface area contributed by atoms with Crippen LogP contribution in [0.5, 0.6) is 17.2 Å². The summed E-state index contributed by atoms with van der Waals surface area (Å²) in [5.74, 6) is 1.29. The summed E-state index contributed by atoms with van der Waals surface area (Å²) in [5.41, 5.74) is 0.0115. The number of aromatic hydroxyl groups is 1. The van der Waals surface area contributed by atoms with Crippen molar-refractivity contribution in [2.45, 2.75) is 0 Å². The zero-order valence-corrected chi connectivity index (χ0v) is 10.5. The van der Waals surface area contributed by atoms with Gasteiger partial charge in [-0.2, -0.15) is 4.98 Å². The molecule has 0 saturated carbocycles. The number of anilines is 2. The van der Waals surface area contributed by atoms with Crippen LogP contribution in [0.15, 0.2) is 29.2 Å². The molecule has 1 aromatic carbocycles. The van der Waals surface area contributed by atoms with Crippen molar-refractivity contribution >= 4 is 34.4 Å². The first-order valence-corrected chi connectivity index (χ1v) is 5.68. The predicted octanol–water partition coefficient (Wildman–Crippen LogP) is 2.00. The monoisotopic (exact) mass is 343 g/mol. The molecule has 2 N–H and O–H groups in total. The zero-order chi connectivity index (χ0) is 12.0. The molecule has 0 radical (unpaired) electrons. The molecule has 0 saturated heterocycles. The molecule has 0 bridgehead atoms. The molecule has 1 aliphatic rings. The minimum Gasteiger partial charge on any atom is -0.506 e. The molecule has 17 heavy (non-hydrogen) atoms. The number of hydrogen-bond donors (Lipinski definition) is 2. The molecule has 1 aliphatic heterocycles. The largest absolute Gasteiger partial charge is 0.506 e. The number of benzene rings is 1. The van der Waals surface area contributed by atoms with Crippen LogP contribution in [0.2, 0.25) is 0 Å². The van der Waals surface area contributed by atoms with Gasteiger partial charge in [-0.15, -0.1) is 0 Å². The van der Waals surface area contributed by atoms with Crippen molar-refractivity contribution in [3.63, 3.8) is 0 Å². The van der Waals surface area contributed by atoms with Gasteiger partial charge >= 0.3 is 5.69 Å². The van der Waals surface area contributed by atoms with Gasteiger partial charge in [-0.3, -0.25) is 0 Å². The van der Waals surface area contributed by atoms with Crippen LogP contribution in [0.25, 0.3) is 0 Å². The Labute approximate surface area is 109 Å². The minimum atomic E-state index is -0.403. The molecule has 2 heterocycles. The molecule has 0 amide bonds. The Bertz CT molecular complexity index is 668. The van der Waals surface area contributed by atoms with E-state index in [1.807, 2.05) is 22.9 Å². The number of ether oxygens (including phenoxy) is 1. The van der Waals surface area contributed by atoms with Crippen LogP contribution in [-0.2, 0) is 0 Å². The van der Waals surface area contributed by atoms with E-state index in [4.69, 9.17) is 4.74 Å². The van der Waals surface area contributed by atoms with E-state index in [9.17, 15) is 9.90 Å². The van der Waals surface area contributed by atoms with Crippen LogP contribution in [0.4, 0.5) is 11.5 Å². The predicted molar refractivity (Wildman–Crippen MR) is 69.4 cm³/mol. The molecule has 6 nitrogen and oxygen atoms in total. The molecule has 7 heteroatoms. The number of rotatable bonds is 0. The van der Waals surface area contributed by atoms with E-state index in [0.717, 1.165) is 0 Å². The van der Waals surface area contributed by atoms with Gasteiger partial charge in [0.2, 0.25) is 0 Å². The van der Waals surface area contributed by atoms with E-state index in [2.05, 4.69) is 10.3 Å². The quantitative estimate of drug-likeness (QED) is 0.482. The Morgan fingerprint density at radius 1 is 1.41 bits per heavy atom. The van der Waals surface area contributed by atoms with Crippen molar-refractivity contribution < 1.29 is 9.84 Å². The topological polar surface area (TPSA) is 76.4 Å². The van der Waals surface area contributed by atoms with E-state index in [-0.39, 0.29) is 5.75 Å². The molecular weight excluding hydrogens is 337 g/mol. The van der Waals surface area contributed by atoms with Gasteiger partial charge in [0, 0.05) is 0 Å². The van der Waals surface area contributed by atoms with Gasteiger partial charge in [-0.25, -0.2) is 7.58 Å². The van der Waals surface area contributed by atoms with Gasteiger partial charge in [0.1, 0.15) is 11.4 Å². The summed E-state index contributed by atoms with van der Waals surface area (Å²) in [6, 6.07) is 4.92. The second-order valence-corrected chi connectivity index (χ2v) is 4.46. The summed E-state index contributed by atoms with van der Waals surface area (Å²) in [5, 5.41) is 12.5. The maximum Gasteiger partial charge on any atom is 0.358 e. The molecule has 86 valence electrons. The maximum absolute atomic E-state index is 11.4. The van der Waals surface area contributed by atoms with Crippen molar-refractivity contribution in [2.24, 2.45) is 0 Å². The summed E-state index contributed by atoms with van der Waals surface area (Å²) < 4.78 is 6.84. The van der Waals surface area contributed by atoms with Crippen molar-refractivity contribution in [3.05, 3.63) is 34.9 Å². The van der Waals surface area contributed by atoms with Crippen molar-refractivity contribution in [3.8, 4) is 17.2 Å². The fourth-order valence-electron chi connectivity index (χ4n) is 1.55. The first-order valence-electron chi connectivity index (χ1n) is 4.72. The van der Waals surface area contributed by atoms with Crippen molar-refractivity contribution in [1.82, 2.24) is 7.76 Å². The Morgan fingerprint density at radius 2 is 2.24 bits per heavy atom. The van der Waals surface area contributed by atoms with Crippen LogP contribution in [-0.4, -0.2) is 12.9 Å². The van der Waals surface area contributed by atoms with E-state index in [0.29, 0.717) is 23.0 Å². The zero-order valence-electron chi connectivity index (χ0n) is 8.35. The maximum atomic E-state index is 11.4. The lowest BCUT2D eigenvalue weighted by molar-refractivity contribution is 0.452. The molecule has 0 spiro atoms. The van der Waals surface area contributed by atoms with Gasteiger partial charge in [0.15, 0.2) is 17.3 Å². The van der Waals surface area contributed by atoms with Gasteiger partial charge < -0.3 is 15.2 Å². The smallest absolute Gasteiger partial charge is 0.358 e. The van der Waals surface area contributed by atoms with E-state index < -0.39 is 5.69 Å². The highest BCUT2D eigenvalue weighted by molar-refractivity contribution is 14.1. The van der Waals surface area contributed by atoms with Gasteiger partial charge in [0.05, 0.1) is 29.1 Å². The average Bonchev–Trinajstić information content (AvgIpc) is 2.29. The van der Waals surface area contributed by atoms with E-state index in [1.165, 1.54) is 15.0 Å². The molecule has 0 aliphatic carbocycles. The third-order valence-corrected chi connectivity index (χ3v) is 3.01. The summed E-state index contributed by atoms with van der Waals surface area (Å²) in [6.07, 6.45) is 1.53. The number of para-hydroxylation sites is 1. The lowest BCUT2D eigenvalue weighted by atomic mass is 10.2. The fourth-order valence-corrected chi connectivity index (χ4v) is 1.91. The number of phenolic OH excluding ortho intramolecular Hbond substituents is 1. The lowest BCUT2D eigenvalue weighted by Gasteiger charge is -2.21. The Kier molecular flexibility index (Phi) is 2.21. The van der Waals surface area contributed by atoms with Crippen LogP contribution in [0.3, 0.4) is 0 Å². The number of phenols is 1. The number of nitrogens with one attached hydrogen (secondary N) is 1. The normalized spacial score (nSPS) is 12.1. The van der Waals surface area contributed by atoms with Gasteiger partial charge in [0.25, 0.3) is 0 Å². The van der Waals surface area contributed by atoms with Gasteiger partial charge in [-0.05, 0) is 12.1 Å². The standard InChI is InChI=1S/C10H6IN3O3/c11-14-4-7-9(13-10(14)16)12-8-5(15)2-1-3-6(8)17-7/h1-4,15H,(H,12,13,16). The average molecular weight is 343 g/mol. The fraction of sp³-hybridized carbons (Fsp3) is 0. The number of fused-ring (bicyclic) bond motifs is 2. The second kappa shape index (κ2) is 3.62. The highest BCUT2D eigenvalue weighted by Crippen LogP contribution is 2.44. The Morgan fingerprint density at radius 3 is 3.06 bits per heavy atom. The summed E-state index contributed by atoms with van der Waals surface area (Å²) in [7, 11) is 0. The van der Waals surface area contributed by atoms with E-state index >= 15 is 0 Å². The number of aromatic nitrogens is 2. The summed E-state index contributed by atoms with van der Waals surface area (Å²) in [4.78, 5) is 15.2. The van der Waals surface area contributed by atoms with Crippen LogP contribution in [0.1, 0.15) is 0 Å². The van der Waals surface area contributed by atoms with Crippen molar-refractivity contribution in [2.75, 3.05) is 5.32 Å². The van der Waals surface area contributed by atoms with E-state index in [1.54, 1.807) is 12.1 Å². The summed E-state index contributed by atoms with van der Waals surface area (Å²) >= 11 is 1.82. The van der Waals surface area contributed by atoms with Crippen molar-refractivity contribution in [1.29, 1.82) is 0 Å². The molecule has 0 atom stereocenters. The first kappa shape index (κ1) is 10.4. The third kappa shape index (κ3) is 1.62. The highest BCUT2D eigenvalue weighted by atomic mass is 127. The first-order chi connectivity index (χ1) is 8.15. The summed E-state index contributed by atoms with van der Waals surface area (Å²) in [6.45, 7) is 0. The Balaban J connectivity index is 2.17. The third-order valence-electron chi connectivity index (χ3n) is 2.32. The van der Waals surface area contributed by atoms with Crippen LogP contribution < -0.4 is 15.7 Å². The van der Waals surface area contributed by atoms with Gasteiger partial charge in [-0.1, -0.05) is 6.07 Å². The lowest BCUT2D eigenvalue weighted by Crippen LogP contribution is -2.19. The second-order valence-electron chi connectivity index (χ2n) is 3.42. The molecule has 1 aromatic heterocycles. The highest BCUT2D eigenvalue weighted by Gasteiger charge is 2.21. The SMILES string of the molecule is O=c1nc2c(cn1I)Oc1cccc(O)c1N2. The van der Waals surface area contributed by atoms with Crippen LogP contribution in [0, 0.1) is 0 Å². The molecule has 0 unspecified atom stereocenters. The molecular formula is C10H6IN3O3. The van der Waals surface area contributed by atoms with Crippen LogP contribution >= 0.6 is 22.9 Å². The number of halogens is 1. The molecule has 3 rings (SSSR count). The number of hydrogen-bond acceptors (Lipinski definition) is 5. The minimum absolute atomic E-state index is 0.0496. The Hall–Kier alpha value is -1.77. The molecule has 0 fully saturated rings. The number of nitrogens with zero attached hydrogens (tertiary/aromatic N) is 2. The molecule has 2 aromatic rings.